The van der Waals surface area contributed by atoms with Crippen LogP contribution in [-0.2, 0) is 11.3 Å². The Hall–Kier alpha value is -1.55. The van der Waals surface area contributed by atoms with Gasteiger partial charge in [-0.05, 0) is 18.9 Å². The van der Waals surface area contributed by atoms with E-state index in [0.717, 1.165) is 11.3 Å². The standard InChI is InChI=1S/C15H24N2O2/c1-5-19-13-9-7-6-8-12(13)10-17(4)15(18)14(16)11(2)3/h6-9,11,14H,5,10,16H2,1-4H3/t14-/m1/s1. The first-order valence-electron chi connectivity index (χ1n) is 6.68. The zero-order chi connectivity index (χ0) is 14.4. The molecule has 1 atom stereocenters. The van der Waals surface area contributed by atoms with E-state index in [1.54, 1.807) is 11.9 Å². The highest BCUT2D eigenvalue weighted by Crippen LogP contribution is 2.19. The lowest BCUT2D eigenvalue weighted by molar-refractivity contribution is -0.132. The van der Waals surface area contributed by atoms with Gasteiger partial charge in [0.15, 0.2) is 0 Å². The van der Waals surface area contributed by atoms with Crippen LogP contribution in [0.4, 0.5) is 0 Å². The third-order valence-electron chi connectivity index (χ3n) is 3.06. The van der Waals surface area contributed by atoms with Crippen molar-refractivity contribution < 1.29 is 9.53 Å². The van der Waals surface area contributed by atoms with Crippen molar-refractivity contribution >= 4 is 5.91 Å². The van der Waals surface area contributed by atoms with Gasteiger partial charge in [0.25, 0.3) is 0 Å². The minimum Gasteiger partial charge on any atom is -0.494 e. The fourth-order valence-electron chi connectivity index (χ4n) is 1.80. The fourth-order valence-corrected chi connectivity index (χ4v) is 1.80. The van der Waals surface area contributed by atoms with Gasteiger partial charge in [-0.25, -0.2) is 0 Å². The van der Waals surface area contributed by atoms with Crippen LogP contribution in [0, 0.1) is 5.92 Å². The topological polar surface area (TPSA) is 55.6 Å². The molecule has 0 saturated carbocycles. The molecular weight excluding hydrogens is 240 g/mol. The van der Waals surface area contributed by atoms with Gasteiger partial charge in [0, 0.05) is 19.2 Å². The van der Waals surface area contributed by atoms with Crippen molar-refractivity contribution in [1.29, 1.82) is 0 Å². The van der Waals surface area contributed by atoms with Crippen molar-refractivity contribution in [1.82, 2.24) is 4.90 Å². The number of carbonyl (C=O) groups excluding carboxylic acids is 1. The van der Waals surface area contributed by atoms with E-state index in [-0.39, 0.29) is 11.8 Å². The van der Waals surface area contributed by atoms with Crippen molar-refractivity contribution in [3.8, 4) is 5.75 Å². The largest absolute Gasteiger partial charge is 0.494 e. The van der Waals surface area contributed by atoms with Crippen molar-refractivity contribution in [2.75, 3.05) is 13.7 Å². The molecule has 19 heavy (non-hydrogen) atoms. The molecule has 0 saturated heterocycles. The van der Waals surface area contributed by atoms with Gasteiger partial charge < -0.3 is 15.4 Å². The average Bonchev–Trinajstić information content (AvgIpc) is 2.39. The van der Waals surface area contributed by atoms with E-state index >= 15 is 0 Å². The molecule has 0 aliphatic carbocycles. The van der Waals surface area contributed by atoms with E-state index in [2.05, 4.69) is 0 Å². The fraction of sp³-hybridized carbons (Fsp3) is 0.533. The number of nitrogens with zero attached hydrogens (tertiary/aromatic N) is 1. The van der Waals surface area contributed by atoms with Gasteiger partial charge in [-0.3, -0.25) is 4.79 Å². The molecule has 0 bridgehead atoms. The highest BCUT2D eigenvalue weighted by molar-refractivity contribution is 5.81. The summed E-state index contributed by atoms with van der Waals surface area (Å²) < 4.78 is 5.56. The van der Waals surface area contributed by atoms with Gasteiger partial charge in [0.05, 0.1) is 12.6 Å². The maximum Gasteiger partial charge on any atom is 0.239 e. The Bertz CT molecular complexity index is 418. The molecule has 0 unspecified atom stereocenters. The van der Waals surface area contributed by atoms with Crippen LogP contribution in [0.3, 0.4) is 0 Å². The van der Waals surface area contributed by atoms with Crippen LogP contribution in [-0.4, -0.2) is 30.5 Å². The summed E-state index contributed by atoms with van der Waals surface area (Å²) >= 11 is 0. The number of nitrogens with two attached hydrogens (primary N) is 1. The Morgan fingerprint density at radius 3 is 2.58 bits per heavy atom. The number of likely N-dealkylation sites (N-methyl/N-ethyl adjacent to an activating group) is 1. The quantitative estimate of drug-likeness (QED) is 0.855. The third kappa shape index (κ3) is 4.24. The van der Waals surface area contributed by atoms with Gasteiger partial charge in [0.1, 0.15) is 5.75 Å². The molecule has 0 fully saturated rings. The molecule has 1 amide bonds. The van der Waals surface area contributed by atoms with Gasteiger partial charge >= 0.3 is 0 Å². The smallest absolute Gasteiger partial charge is 0.239 e. The van der Waals surface area contributed by atoms with Gasteiger partial charge in [-0.15, -0.1) is 0 Å². The van der Waals surface area contributed by atoms with E-state index < -0.39 is 6.04 Å². The molecule has 4 heteroatoms. The summed E-state index contributed by atoms with van der Waals surface area (Å²) in [7, 11) is 1.77. The summed E-state index contributed by atoms with van der Waals surface area (Å²) in [6.45, 7) is 6.96. The summed E-state index contributed by atoms with van der Waals surface area (Å²) in [5.41, 5.74) is 6.89. The van der Waals surface area contributed by atoms with Crippen LogP contribution in [0.15, 0.2) is 24.3 Å². The second-order valence-electron chi connectivity index (χ2n) is 5.00. The summed E-state index contributed by atoms with van der Waals surface area (Å²) in [4.78, 5) is 13.8. The summed E-state index contributed by atoms with van der Waals surface area (Å²) in [5, 5.41) is 0. The molecule has 0 heterocycles. The molecule has 1 rings (SSSR count). The summed E-state index contributed by atoms with van der Waals surface area (Å²) in [6.07, 6.45) is 0. The van der Waals surface area contributed by atoms with Crippen LogP contribution >= 0.6 is 0 Å². The number of para-hydroxylation sites is 1. The lowest BCUT2D eigenvalue weighted by atomic mass is 10.0. The molecule has 2 N–H and O–H groups in total. The molecule has 0 aliphatic rings. The van der Waals surface area contributed by atoms with Crippen molar-refractivity contribution in [3.63, 3.8) is 0 Å². The van der Waals surface area contributed by atoms with Crippen LogP contribution in [0.25, 0.3) is 0 Å². The molecule has 0 spiro atoms. The van der Waals surface area contributed by atoms with Gasteiger partial charge in [-0.2, -0.15) is 0 Å². The van der Waals surface area contributed by atoms with Gasteiger partial charge in [0.2, 0.25) is 5.91 Å². The summed E-state index contributed by atoms with van der Waals surface area (Å²) in [5.74, 6) is 0.918. The molecular formula is C15H24N2O2. The second-order valence-corrected chi connectivity index (χ2v) is 5.00. The maximum absolute atomic E-state index is 12.1. The SMILES string of the molecule is CCOc1ccccc1CN(C)C(=O)[C@H](N)C(C)C. The lowest BCUT2D eigenvalue weighted by Gasteiger charge is -2.24. The third-order valence-corrected chi connectivity index (χ3v) is 3.06. The Balaban J connectivity index is 2.76. The molecule has 4 nitrogen and oxygen atoms in total. The van der Waals surface area contributed by atoms with Crippen molar-refractivity contribution in [2.24, 2.45) is 11.7 Å². The zero-order valence-electron chi connectivity index (χ0n) is 12.2. The molecule has 0 aromatic heterocycles. The first kappa shape index (κ1) is 15.5. The number of rotatable bonds is 6. The normalized spacial score (nSPS) is 12.3. The number of carbonyl (C=O) groups is 1. The lowest BCUT2D eigenvalue weighted by Crippen LogP contribution is -2.44. The van der Waals surface area contributed by atoms with Crippen LogP contribution in [0.1, 0.15) is 26.3 Å². The van der Waals surface area contributed by atoms with E-state index in [1.165, 1.54) is 0 Å². The minimum absolute atomic E-state index is 0.0405. The number of hydrogen-bond acceptors (Lipinski definition) is 3. The summed E-state index contributed by atoms with van der Waals surface area (Å²) in [6, 6.07) is 7.30. The van der Waals surface area contributed by atoms with Crippen molar-refractivity contribution in [2.45, 2.75) is 33.4 Å². The molecule has 106 valence electrons. The highest BCUT2D eigenvalue weighted by Gasteiger charge is 2.21. The van der Waals surface area contributed by atoms with E-state index in [1.807, 2.05) is 45.0 Å². The minimum atomic E-state index is -0.454. The average molecular weight is 264 g/mol. The Labute approximate surface area is 115 Å². The maximum atomic E-state index is 12.1. The van der Waals surface area contributed by atoms with Gasteiger partial charge in [-0.1, -0.05) is 32.0 Å². The van der Waals surface area contributed by atoms with Crippen LogP contribution < -0.4 is 10.5 Å². The molecule has 1 aromatic carbocycles. The first-order valence-corrected chi connectivity index (χ1v) is 6.68. The number of ether oxygens (including phenoxy) is 1. The van der Waals surface area contributed by atoms with E-state index in [0.29, 0.717) is 13.2 Å². The Kier molecular flexibility index (Phi) is 5.83. The number of amides is 1. The highest BCUT2D eigenvalue weighted by atomic mass is 16.5. The zero-order valence-corrected chi connectivity index (χ0v) is 12.2. The first-order chi connectivity index (χ1) is 8.97. The predicted molar refractivity (Wildman–Crippen MR) is 76.9 cm³/mol. The monoisotopic (exact) mass is 264 g/mol. The Morgan fingerprint density at radius 2 is 2.00 bits per heavy atom. The number of benzene rings is 1. The van der Waals surface area contributed by atoms with E-state index in [9.17, 15) is 4.79 Å². The van der Waals surface area contributed by atoms with E-state index in [4.69, 9.17) is 10.5 Å². The van der Waals surface area contributed by atoms with Crippen LogP contribution in [0.5, 0.6) is 5.75 Å². The predicted octanol–water partition coefficient (Wildman–Crippen LogP) is 2.03. The molecule has 1 aromatic rings. The van der Waals surface area contributed by atoms with Crippen LogP contribution in [0.2, 0.25) is 0 Å². The Morgan fingerprint density at radius 1 is 1.37 bits per heavy atom. The second kappa shape index (κ2) is 7.14. The molecule has 0 radical (unpaired) electrons. The molecule has 0 aliphatic heterocycles. The number of hydrogen-bond donors (Lipinski definition) is 1. The van der Waals surface area contributed by atoms with Crippen molar-refractivity contribution in [3.05, 3.63) is 29.8 Å².